The molecule has 70 valence electrons. The monoisotopic (exact) mass is 199 g/mol. The first kappa shape index (κ1) is 9.86. The van der Waals surface area contributed by atoms with Crippen LogP contribution in [0.4, 0.5) is 5.69 Å². The summed E-state index contributed by atoms with van der Waals surface area (Å²) in [6.45, 7) is 1.59. The summed E-state index contributed by atoms with van der Waals surface area (Å²) in [6, 6.07) is 6.20. The normalized spacial score (nSPS) is 12.2. The average molecular weight is 200 g/mol. The largest absolute Gasteiger partial charge is 0.508 e. The fraction of sp³-hybridized carbons (Fsp3) is 0.222. The van der Waals surface area contributed by atoms with Gasteiger partial charge in [0.1, 0.15) is 11.1 Å². The lowest BCUT2D eigenvalue weighted by Crippen LogP contribution is -2.20. The van der Waals surface area contributed by atoms with E-state index >= 15 is 0 Å². The van der Waals surface area contributed by atoms with Crippen molar-refractivity contribution < 1.29 is 9.90 Å². The van der Waals surface area contributed by atoms with Crippen molar-refractivity contribution in [1.29, 1.82) is 0 Å². The Balaban J connectivity index is 2.65. The summed E-state index contributed by atoms with van der Waals surface area (Å²) in [5.41, 5.74) is 0.621. The zero-order valence-electron chi connectivity index (χ0n) is 7.12. The molecule has 1 amide bonds. The molecule has 0 spiro atoms. The quantitative estimate of drug-likeness (QED) is 0.565. The molecule has 0 aliphatic heterocycles. The van der Waals surface area contributed by atoms with Crippen molar-refractivity contribution in [2.24, 2.45) is 0 Å². The van der Waals surface area contributed by atoms with Crippen molar-refractivity contribution in [3.8, 4) is 5.75 Å². The van der Waals surface area contributed by atoms with Crippen LogP contribution < -0.4 is 5.32 Å². The van der Waals surface area contributed by atoms with E-state index in [1.807, 2.05) is 0 Å². The van der Waals surface area contributed by atoms with E-state index in [9.17, 15) is 4.79 Å². The smallest absolute Gasteiger partial charge is 0.242 e. The number of hydrogen-bond acceptors (Lipinski definition) is 2. The van der Waals surface area contributed by atoms with Gasteiger partial charge in [-0.1, -0.05) is 0 Å². The summed E-state index contributed by atoms with van der Waals surface area (Å²) >= 11 is 5.55. The lowest BCUT2D eigenvalue weighted by atomic mass is 10.3. The highest BCUT2D eigenvalue weighted by molar-refractivity contribution is 6.32. The second kappa shape index (κ2) is 4.14. The molecule has 0 fully saturated rings. The van der Waals surface area contributed by atoms with E-state index in [4.69, 9.17) is 16.7 Å². The van der Waals surface area contributed by atoms with Crippen LogP contribution in [-0.4, -0.2) is 16.4 Å². The van der Waals surface area contributed by atoms with Crippen molar-refractivity contribution in [1.82, 2.24) is 0 Å². The number of carbonyl (C=O) groups excluding carboxylic acids is 1. The van der Waals surface area contributed by atoms with E-state index < -0.39 is 5.38 Å². The SMILES string of the molecule is C[C@H](Cl)C(=O)Nc1ccc(O)cc1. The Hall–Kier alpha value is -1.22. The molecule has 1 rings (SSSR count). The van der Waals surface area contributed by atoms with Crippen LogP contribution in [0.25, 0.3) is 0 Å². The van der Waals surface area contributed by atoms with Gasteiger partial charge in [0.25, 0.3) is 0 Å². The van der Waals surface area contributed by atoms with E-state index in [0.717, 1.165) is 0 Å². The number of phenolic OH excluding ortho intramolecular Hbond substituents is 1. The zero-order chi connectivity index (χ0) is 9.84. The maximum atomic E-state index is 11.1. The lowest BCUT2D eigenvalue weighted by Gasteiger charge is -2.05. The number of halogens is 1. The summed E-state index contributed by atoms with van der Waals surface area (Å²) in [7, 11) is 0. The maximum absolute atomic E-state index is 11.1. The Labute approximate surface area is 81.3 Å². The minimum Gasteiger partial charge on any atom is -0.508 e. The molecule has 0 unspecified atom stereocenters. The van der Waals surface area contributed by atoms with Gasteiger partial charge in [0.05, 0.1) is 0 Å². The van der Waals surface area contributed by atoms with Gasteiger partial charge in [-0.3, -0.25) is 4.79 Å². The van der Waals surface area contributed by atoms with Gasteiger partial charge >= 0.3 is 0 Å². The number of carbonyl (C=O) groups is 1. The number of aromatic hydroxyl groups is 1. The first-order valence-electron chi connectivity index (χ1n) is 3.83. The van der Waals surface area contributed by atoms with Crippen molar-refractivity contribution >= 4 is 23.2 Å². The summed E-state index contributed by atoms with van der Waals surface area (Å²) in [6.07, 6.45) is 0. The third-order valence-electron chi connectivity index (χ3n) is 1.50. The number of anilines is 1. The van der Waals surface area contributed by atoms with Gasteiger partial charge in [0.15, 0.2) is 0 Å². The second-order valence-corrected chi connectivity index (χ2v) is 3.31. The fourth-order valence-electron chi connectivity index (χ4n) is 0.786. The highest BCUT2D eigenvalue weighted by Gasteiger charge is 2.08. The highest BCUT2D eigenvalue weighted by Crippen LogP contribution is 2.14. The fourth-order valence-corrected chi connectivity index (χ4v) is 0.841. The van der Waals surface area contributed by atoms with Crippen LogP contribution in [0.1, 0.15) is 6.92 Å². The topological polar surface area (TPSA) is 49.3 Å². The number of amides is 1. The number of hydrogen-bond donors (Lipinski definition) is 2. The number of nitrogens with one attached hydrogen (secondary N) is 1. The van der Waals surface area contributed by atoms with E-state index in [-0.39, 0.29) is 11.7 Å². The van der Waals surface area contributed by atoms with Gasteiger partial charge < -0.3 is 10.4 Å². The summed E-state index contributed by atoms with van der Waals surface area (Å²) in [5.74, 6) is -0.0933. The molecular weight excluding hydrogens is 190 g/mol. The molecule has 1 aromatic carbocycles. The molecule has 0 aromatic heterocycles. The molecule has 0 aliphatic rings. The Bertz CT molecular complexity index is 295. The van der Waals surface area contributed by atoms with Crippen LogP contribution in [-0.2, 0) is 4.79 Å². The minimum absolute atomic E-state index is 0.164. The van der Waals surface area contributed by atoms with Gasteiger partial charge in [0, 0.05) is 5.69 Å². The Morgan fingerprint density at radius 1 is 1.46 bits per heavy atom. The van der Waals surface area contributed by atoms with Crippen LogP contribution in [0.15, 0.2) is 24.3 Å². The van der Waals surface area contributed by atoms with Gasteiger partial charge in [0.2, 0.25) is 5.91 Å². The van der Waals surface area contributed by atoms with Crippen molar-refractivity contribution in [2.75, 3.05) is 5.32 Å². The second-order valence-electron chi connectivity index (χ2n) is 2.65. The molecule has 1 aromatic rings. The standard InChI is InChI=1S/C9H10ClNO2/c1-6(10)9(13)11-7-2-4-8(12)5-3-7/h2-6,12H,1H3,(H,11,13)/t6-/m0/s1. The molecule has 13 heavy (non-hydrogen) atoms. The Morgan fingerprint density at radius 2 is 2.00 bits per heavy atom. The lowest BCUT2D eigenvalue weighted by molar-refractivity contribution is -0.115. The summed E-state index contributed by atoms with van der Waals surface area (Å²) in [4.78, 5) is 11.1. The van der Waals surface area contributed by atoms with Crippen LogP contribution in [0.5, 0.6) is 5.75 Å². The van der Waals surface area contributed by atoms with Gasteiger partial charge in [-0.2, -0.15) is 0 Å². The number of rotatable bonds is 2. The maximum Gasteiger partial charge on any atom is 0.242 e. The summed E-state index contributed by atoms with van der Waals surface area (Å²) in [5, 5.41) is 11.0. The van der Waals surface area contributed by atoms with E-state index in [0.29, 0.717) is 5.69 Å². The number of phenols is 1. The van der Waals surface area contributed by atoms with Crippen LogP contribution in [0, 0.1) is 0 Å². The Kier molecular flexibility index (Phi) is 3.14. The third-order valence-corrected chi connectivity index (χ3v) is 1.69. The molecule has 4 heteroatoms. The first-order chi connectivity index (χ1) is 6.09. The molecular formula is C9H10ClNO2. The molecule has 0 saturated carbocycles. The molecule has 0 bridgehead atoms. The van der Waals surface area contributed by atoms with E-state index in [2.05, 4.69) is 5.32 Å². The van der Waals surface area contributed by atoms with E-state index in [1.165, 1.54) is 12.1 Å². The van der Waals surface area contributed by atoms with E-state index in [1.54, 1.807) is 19.1 Å². The molecule has 0 heterocycles. The number of alkyl halides is 1. The first-order valence-corrected chi connectivity index (χ1v) is 4.27. The Morgan fingerprint density at radius 3 is 2.46 bits per heavy atom. The average Bonchev–Trinajstić information content (AvgIpc) is 2.08. The van der Waals surface area contributed by atoms with Gasteiger partial charge in [-0.15, -0.1) is 11.6 Å². The van der Waals surface area contributed by atoms with Crippen LogP contribution in [0.2, 0.25) is 0 Å². The van der Waals surface area contributed by atoms with Gasteiger partial charge in [-0.05, 0) is 31.2 Å². The molecule has 3 nitrogen and oxygen atoms in total. The van der Waals surface area contributed by atoms with Crippen LogP contribution >= 0.6 is 11.6 Å². The zero-order valence-corrected chi connectivity index (χ0v) is 7.88. The predicted molar refractivity (Wildman–Crippen MR) is 52.1 cm³/mol. The highest BCUT2D eigenvalue weighted by atomic mass is 35.5. The minimum atomic E-state index is -0.561. The van der Waals surface area contributed by atoms with Crippen molar-refractivity contribution in [3.63, 3.8) is 0 Å². The third kappa shape index (κ3) is 2.95. The number of benzene rings is 1. The molecule has 0 radical (unpaired) electrons. The van der Waals surface area contributed by atoms with Crippen molar-refractivity contribution in [3.05, 3.63) is 24.3 Å². The molecule has 0 saturated heterocycles. The predicted octanol–water partition coefficient (Wildman–Crippen LogP) is 1.96. The summed E-state index contributed by atoms with van der Waals surface area (Å²) < 4.78 is 0. The van der Waals surface area contributed by atoms with Gasteiger partial charge in [-0.25, -0.2) is 0 Å². The van der Waals surface area contributed by atoms with Crippen molar-refractivity contribution in [2.45, 2.75) is 12.3 Å². The molecule has 2 N–H and O–H groups in total. The molecule has 0 aliphatic carbocycles. The van der Waals surface area contributed by atoms with Crippen LogP contribution in [0.3, 0.4) is 0 Å². The molecule has 1 atom stereocenters.